The minimum absolute atomic E-state index is 0.264. The van der Waals surface area contributed by atoms with Gasteiger partial charge in [-0.25, -0.2) is 0 Å². The van der Waals surface area contributed by atoms with Crippen LogP contribution in [0.15, 0.2) is 121 Å². The Morgan fingerprint density at radius 2 is 0.446 bits per heavy atom. The van der Waals surface area contributed by atoms with E-state index in [0.717, 1.165) is 49.9 Å². The van der Waals surface area contributed by atoms with E-state index < -0.39 is 34.2 Å². The first kappa shape index (κ1) is 55.0. The molecule has 0 aromatic heterocycles. The van der Waals surface area contributed by atoms with Crippen molar-refractivity contribution in [2.24, 2.45) is 5.41 Å². The minimum Gasteiger partial charge on any atom is -0.394 e. The Morgan fingerprint density at radius 3 is 0.615 bits per heavy atom. The van der Waals surface area contributed by atoms with Crippen molar-refractivity contribution in [3.63, 3.8) is 0 Å². The van der Waals surface area contributed by atoms with E-state index in [-0.39, 0.29) is 5.41 Å². The second-order valence-corrected chi connectivity index (χ2v) is 31.5. The summed E-state index contributed by atoms with van der Waals surface area (Å²) in [5.74, 6) is 0. The van der Waals surface area contributed by atoms with Gasteiger partial charge in [-0.2, -0.15) is 0 Å². The fourth-order valence-electron chi connectivity index (χ4n) is 10.3. The number of hydrogen-bond acceptors (Lipinski definition) is 8. The molecule has 0 aliphatic rings. The first-order valence-corrected chi connectivity index (χ1v) is 32.5. The van der Waals surface area contributed by atoms with Crippen LogP contribution >= 0.6 is 0 Å². The van der Waals surface area contributed by atoms with Gasteiger partial charge in [0.2, 0.25) is 0 Å². The van der Waals surface area contributed by atoms with E-state index in [4.69, 9.17) is 35.4 Å². The third-order valence-electron chi connectivity index (χ3n) is 14.3. The number of benzene rings is 4. The highest BCUT2D eigenvalue weighted by Gasteiger charge is 2.41. The monoisotopic (exact) mass is 961 g/mol. The first-order valence-electron chi connectivity index (χ1n) is 24.4. The second kappa shape index (κ2) is 29.3. The smallest absolute Gasteiger partial charge is 0.371 e. The highest BCUT2D eigenvalue weighted by atomic mass is 28.4. The highest BCUT2D eigenvalue weighted by Crippen LogP contribution is 2.43. The predicted octanol–water partition coefficient (Wildman–Crippen LogP) is 10.8. The molecule has 8 nitrogen and oxygen atoms in total. The molecular weight excluding hydrogens is 877 g/mol. The van der Waals surface area contributed by atoms with Gasteiger partial charge in [-0.15, -0.1) is 0 Å². The first-order chi connectivity index (χ1) is 31.7. The number of unbranched alkanes of at least 4 members (excludes halogenated alkanes) is 8. The summed E-state index contributed by atoms with van der Waals surface area (Å²) in [5, 5.41) is 4.85. The Balaban J connectivity index is 1.51. The third kappa shape index (κ3) is 15.7. The Hall–Kier alpha value is -2.57. The molecule has 4 aromatic carbocycles. The van der Waals surface area contributed by atoms with Crippen LogP contribution in [0.1, 0.15) is 103 Å². The van der Waals surface area contributed by atoms with Gasteiger partial charge in [0.25, 0.3) is 0 Å². The molecule has 12 heteroatoms. The topological polar surface area (TPSA) is 73.8 Å². The zero-order valence-corrected chi connectivity index (χ0v) is 45.5. The SMILES string of the molecule is CO[Si](CCCCCC(CCCCC[Si](OC)(OC)c1ccccc1)(CCCCC[Si](OC)(OC)c1ccccc1)CCCCC[Si](OC)(OC)c1ccccc1)(OC)c1ccccc1. The summed E-state index contributed by atoms with van der Waals surface area (Å²) in [6.45, 7) is 0. The van der Waals surface area contributed by atoms with E-state index in [9.17, 15) is 0 Å². The van der Waals surface area contributed by atoms with Gasteiger partial charge < -0.3 is 35.4 Å². The molecule has 0 fully saturated rings. The van der Waals surface area contributed by atoms with Crippen LogP contribution in [0.25, 0.3) is 0 Å². The standard InChI is InChI=1S/C53H84O8Si4/c1-54-62(55-2,49-33-17-9-18-34-49)45-29-13-25-41-53(42-26-14-30-46-63(56-3,57-4)50-35-19-10-20-36-50,43-27-15-31-47-64(58-5,59-6)51-37-21-11-22-38-51)44-28-16-32-48-65(60-7,61-8)52-39-23-12-24-40-52/h9-12,17-24,33-40H,13-16,25-32,41-48H2,1-8H3. The van der Waals surface area contributed by atoms with Crippen molar-refractivity contribution in [2.45, 2.75) is 127 Å². The molecule has 0 bridgehead atoms. The van der Waals surface area contributed by atoms with Crippen LogP contribution in [0.5, 0.6) is 0 Å². The van der Waals surface area contributed by atoms with Crippen LogP contribution in [-0.2, 0) is 35.4 Å². The van der Waals surface area contributed by atoms with Crippen molar-refractivity contribution in [2.75, 3.05) is 56.9 Å². The maximum absolute atomic E-state index is 6.23. The Labute approximate surface area is 399 Å². The van der Waals surface area contributed by atoms with E-state index in [1.54, 1.807) is 0 Å². The summed E-state index contributed by atoms with van der Waals surface area (Å²) in [6, 6.07) is 46.3. The summed E-state index contributed by atoms with van der Waals surface area (Å²) in [4.78, 5) is 0. The molecule has 0 unspecified atom stereocenters. The van der Waals surface area contributed by atoms with E-state index >= 15 is 0 Å². The number of rotatable bonds is 36. The van der Waals surface area contributed by atoms with Crippen LogP contribution in [0.4, 0.5) is 0 Å². The maximum atomic E-state index is 6.23. The second-order valence-electron chi connectivity index (χ2n) is 17.9. The molecule has 4 rings (SSSR count). The van der Waals surface area contributed by atoms with Crippen molar-refractivity contribution < 1.29 is 35.4 Å². The molecule has 0 aliphatic heterocycles. The van der Waals surface area contributed by atoms with Crippen LogP contribution in [0.3, 0.4) is 0 Å². The third-order valence-corrected chi connectivity index (χ3v) is 28.5. The summed E-state index contributed by atoms with van der Waals surface area (Å²) in [7, 11) is 4.65. The predicted molar refractivity (Wildman–Crippen MR) is 279 cm³/mol. The lowest BCUT2D eigenvalue weighted by Gasteiger charge is -2.36. The van der Waals surface area contributed by atoms with Crippen molar-refractivity contribution in [1.82, 2.24) is 0 Å². The molecule has 360 valence electrons. The van der Waals surface area contributed by atoms with Gasteiger partial charge in [0.1, 0.15) is 0 Å². The van der Waals surface area contributed by atoms with Crippen molar-refractivity contribution >= 4 is 55.0 Å². The minimum atomic E-state index is -2.50. The Bertz CT molecular complexity index is 1520. The van der Waals surface area contributed by atoms with Crippen molar-refractivity contribution in [3.05, 3.63) is 121 Å². The normalized spacial score (nSPS) is 12.8. The molecule has 0 N–H and O–H groups in total. The summed E-state index contributed by atoms with van der Waals surface area (Å²) >= 11 is 0. The lowest BCUT2D eigenvalue weighted by atomic mass is 9.70. The van der Waals surface area contributed by atoms with Crippen molar-refractivity contribution in [3.8, 4) is 0 Å². The molecule has 65 heavy (non-hydrogen) atoms. The van der Waals surface area contributed by atoms with Crippen LogP contribution < -0.4 is 20.7 Å². The Kier molecular flexibility index (Phi) is 24.8. The van der Waals surface area contributed by atoms with Crippen LogP contribution in [0.2, 0.25) is 24.2 Å². The van der Waals surface area contributed by atoms with Gasteiger partial charge in [0.15, 0.2) is 0 Å². The van der Waals surface area contributed by atoms with Gasteiger partial charge in [0.05, 0.1) is 0 Å². The molecule has 0 aliphatic carbocycles. The lowest BCUT2D eigenvalue weighted by Crippen LogP contribution is -2.52. The van der Waals surface area contributed by atoms with E-state index in [1.165, 1.54) is 97.8 Å². The zero-order valence-electron chi connectivity index (χ0n) is 41.5. The Morgan fingerprint density at radius 1 is 0.262 bits per heavy atom. The molecule has 4 aromatic rings. The van der Waals surface area contributed by atoms with Crippen molar-refractivity contribution in [1.29, 1.82) is 0 Å². The molecule has 0 heterocycles. The maximum Gasteiger partial charge on any atom is 0.371 e. The molecule has 0 saturated carbocycles. The van der Waals surface area contributed by atoms with Crippen LogP contribution in [-0.4, -0.2) is 91.1 Å². The fourth-order valence-corrected chi connectivity index (χ4v) is 21.3. The highest BCUT2D eigenvalue weighted by molar-refractivity contribution is 6.82. The molecule has 0 saturated heterocycles. The summed E-state index contributed by atoms with van der Waals surface area (Å²) < 4.78 is 49.8. The number of hydrogen-bond donors (Lipinski definition) is 0. The van der Waals surface area contributed by atoms with Crippen LogP contribution in [0, 0.1) is 5.41 Å². The lowest BCUT2D eigenvalue weighted by molar-refractivity contribution is 0.172. The zero-order chi connectivity index (χ0) is 46.8. The van der Waals surface area contributed by atoms with Gasteiger partial charge >= 0.3 is 34.2 Å². The summed E-state index contributed by atoms with van der Waals surface area (Å²) in [6.07, 6.45) is 18.9. The van der Waals surface area contributed by atoms with E-state index in [0.29, 0.717) is 0 Å². The average Bonchev–Trinajstić information content (AvgIpc) is 3.37. The summed E-state index contributed by atoms with van der Waals surface area (Å²) in [5.41, 5.74) is 0.264. The van der Waals surface area contributed by atoms with Gasteiger partial charge in [0, 0.05) is 56.9 Å². The average molecular weight is 962 g/mol. The molecular formula is C53H84O8Si4. The fraction of sp³-hybridized carbons (Fsp3) is 0.547. The largest absolute Gasteiger partial charge is 0.394 e. The van der Waals surface area contributed by atoms with E-state index in [2.05, 4.69) is 121 Å². The van der Waals surface area contributed by atoms with Gasteiger partial charge in [-0.1, -0.05) is 198 Å². The molecule has 0 amide bonds. The molecule has 0 atom stereocenters. The van der Waals surface area contributed by atoms with E-state index in [1.807, 2.05) is 56.9 Å². The molecule has 0 spiro atoms. The quantitative estimate of drug-likeness (QED) is 0.0330. The molecule has 0 radical (unpaired) electrons. The van der Waals surface area contributed by atoms with Gasteiger partial charge in [-0.3, -0.25) is 0 Å². The van der Waals surface area contributed by atoms with Gasteiger partial charge in [-0.05, 0) is 76.0 Å².